The van der Waals surface area contributed by atoms with Crippen LogP contribution in [0.25, 0.3) is 0 Å². The summed E-state index contributed by atoms with van der Waals surface area (Å²) in [5, 5.41) is 5.59. The van der Waals surface area contributed by atoms with Crippen molar-refractivity contribution < 1.29 is 14.2 Å². The van der Waals surface area contributed by atoms with Crippen molar-refractivity contribution in [3.05, 3.63) is 53.9 Å². The predicted molar refractivity (Wildman–Crippen MR) is 90.2 cm³/mol. The van der Waals surface area contributed by atoms with Gasteiger partial charge in [0, 0.05) is 43.8 Å². The average Bonchev–Trinajstić information content (AvgIpc) is 2.50. The highest BCUT2D eigenvalue weighted by Crippen LogP contribution is 2.15. The van der Waals surface area contributed by atoms with Gasteiger partial charge in [-0.2, -0.15) is 4.57 Å². The smallest absolute Gasteiger partial charge is 0.293 e. The van der Waals surface area contributed by atoms with Crippen LogP contribution in [0.15, 0.2) is 42.6 Å². The van der Waals surface area contributed by atoms with Gasteiger partial charge < -0.3 is 10.6 Å². The highest BCUT2D eigenvalue weighted by molar-refractivity contribution is 5.93. The molecule has 0 radical (unpaired) electrons. The van der Waals surface area contributed by atoms with E-state index in [0.717, 1.165) is 11.3 Å². The molecule has 5 heteroatoms. The minimum atomic E-state index is -0.315. The largest absolute Gasteiger partial charge is 0.326 e. The summed E-state index contributed by atoms with van der Waals surface area (Å²) in [6, 6.07) is 10.7. The number of pyridine rings is 1. The molecular formula is C18H22N3O2+. The van der Waals surface area contributed by atoms with Crippen molar-refractivity contribution in [3.63, 3.8) is 0 Å². The average molecular weight is 312 g/mol. The highest BCUT2D eigenvalue weighted by atomic mass is 16.2. The Bertz CT molecular complexity index is 724. The summed E-state index contributed by atoms with van der Waals surface area (Å²) < 4.78 is 1.95. The van der Waals surface area contributed by atoms with Crippen molar-refractivity contribution in [2.45, 2.75) is 33.7 Å². The molecule has 2 rings (SSSR count). The fraction of sp³-hybridized carbons (Fsp3) is 0.278. The minimum Gasteiger partial charge on any atom is -0.326 e. The molecule has 120 valence electrons. The van der Waals surface area contributed by atoms with E-state index in [1.807, 2.05) is 43.7 Å². The summed E-state index contributed by atoms with van der Waals surface area (Å²) in [5.41, 5.74) is 3.61. The van der Waals surface area contributed by atoms with E-state index in [0.29, 0.717) is 11.4 Å². The number of rotatable bonds is 4. The Morgan fingerprint density at radius 3 is 2.13 bits per heavy atom. The van der Waals surface area contributed by atoms with Gasteiger partial charge in [-0.3, -0.25) is 9.59 Å². The summed E-state index contributed by atoms with van der Waals surface area (Å²) in [6.45, 7) is 7.35. The topological polar surface area (TPSA) is 62.1 Å². The monoisotopic (exact) mass is 312 g/mol. The van der Waals surface area contributed by atoms with Crippen LogP contribution in [0, 0.1) is 13.8 Å². The maximum absolute atomic E-state index is 12.4. The predicted octanol–water partition coefficient (Wildman–Crippen LogP) is 2.75. The Balaban J connectivity index is 2.09. The molecule has 2 aromatic rings. The van der Waals surface area contributed by atoms with Crippen LogP contribution >= 0.6 is 0 Å². The lowest BCUT2D eigenvalue weighted by atomic mass is 10.2. The molecule has 0 bridgehead atoms. The summed E-state index contributed by atoms with van der Waals surface area (Å²) in [6.07, 6.45) is 1.91. The number of aryl methyl sites for hydroxylation is 1. The SMILES string of the molecule is CC(=O)Nc1ccc(NC(=O)[C@H](C)[n+]2cccc(C)c2C)cc1. The van der Waals surface area contributed by atoms with E-state index in [1.54, 1.807) is 24.3 Å². The third kappa shape index (κ3) is 4.16. The van der Waals surface area contributed by atoms with Gasteiger partial charge in [0.05, 0.1) is 0 Å². The van der Waals surface area contributed by atoms with Crippen molar-refractivity contribution in [1.29, 1.82) is 0 Å². The third-order valence-corrected chi connectivity index (χ3v) is 3.82. The highest BCUT2D eigenvalue weighted by Gasteiger charge is 2.24. The Morgan fingerprint density at radius 1 is 1.00 bits per heavy atom. The van der Waals surface area contributed by atoms with Gasteiger partial charge in [-0.15, -0.1) is 0 Å². The zero-order chi connectivity index (χ0) is 17.0. The number of benzene rings is 1. The molecule has 5 nitrogen and oxygen atoms in total. The molecule has 2 amide bonds. The molecule has 2 N–H and O–H groups in total. The van der Waals surface area contributed by atoms with Crippen LogP contribution in [0.1, 0.15) is 31.1 Å². The molecule has 1 heterocycles. The van der Waals surface area contributed by atoms with Crippen LogP contribution in [-0.2, 0) is 9.59 Å². The van der Waals surface area contributed by atoms with Gasteiger partial charge in [0.25, 0.3) is 5.91 Å². The van der Waals surface area contributed by atoms with E-state index >= 15 is 0 Å². The Labute approximate surface area is 136 Å². The number of aromatic nitrogens is 1. The Kier molecular flexibility index (Phi) is 5.11. The number of carbonyl (C=O) groups is 2. The van der Waals surface area contributed by atoms with Crippen molar-refractivity contribution in [1.82, 2.24) is 0 Å². The lowest BCUT2D eigenvalue weighted by Crippen LogP contribution is -2.47. The second-order valence-electron chi connectivity index (χ2n) is 5.61. The summed E-state index contributed by atoms with van der Waals surface area (Å²) >= 11 is 0. The fourth-order valence-corrected chi connectivity index (χ4v) is 2.35. The number of anilines is 2. The second-order valence-corrected chi connectivity index (χ2v) is 5.61. The maximum Gasteiger partial charge on any atom is 0.293 e. The molecule has 0 aliphatic rings. The normalized spacial score (nSPS) is 11.7. The van der Waals surface area contributed by atoms with E-state index in [2.05, 4.69) is 10.6 Å². The van der Waals surface area contributed by atoms with Crippen LogP contribution in [0.3, 0.4) is 0 Å². The second kappa shape index (κ2) is 7.05. The van der Waals surface area contributed by atoms with Gasteiger partial charge in [-0.25, -0.2) is 0 Å². The molecule has 1 aromatic carbocycles. The van der Waals surface area contributed by atoms with Gasteiger partial charge in [-0.05, 0) is 37.3 Å². The number of nitrogens with zero attached hydrogens (tertiary/aromatic N) is 1. The molecule has 0 saturated heterocycles. The van der Waals surface area contributed by atoms with Gasteiger partial charge in [0.2, 0.25) is 11.9 Å². The Morgan fingerprint density at radius 2 is 1.57 bits per heavy atom. The van der Waals surface area contributed by atoms with Gasteiger partial charge in [0.15, 0.2) is 11.9 Å². The standard InChI is InChI=1S/C18H21N3O2/c1-12-6-5-11-21(13(12)2)14(3)18(23)20-17-9-7-16(8-10-17)19-15(4)22/h5-11,14H,1-4H3,(H-,19,20,22,23)/p+1/t14-/m0/s1. The molecule has 0 aliphatic carbocycles. The number of hydrogen-bond acceptors (Lipinski definition) is 2. The van der Waals surface area contributed by atoms with Crippen molar-refractivity contribution in [2.75, 3.05) is 10.6 Å². The van der Waals surface area contributed by atoms with E-state index in [4.69, 9.17) is 0 Å². The van der Waals surface area contributed by atoms with Crippen LogP contribution in [-0.4, -0.2) is 11.8 Å². The van der Waals surface area contributed by atoms with Crippen LogP contribution in [0.2, 0.25) is 0 Å². The summed E-state index contributed by atoms with van der Waals surface area (Å²) in [4.78, 5) is 23.4. The van der Waals surface area contributed by atoms with Gasteiger partial charge in [-0.1, -0.05) is 0 Å². The molecule has 0 unspecified atom stereocenters. The number of carbonyl (C=O) groups excluding carboxylic acids is 2. The van der Waals surface area contributed by atoms with E-state index in [1.165, 1.54) is 6.92 Å². The van der Waals surface area contributed by atoms with E-state index in [9.17, 15) is 9.59 Å². The Hall–Kier alpha value is -2.69. The minimum absolute atomic E-state index is 0.0871. The first-order valence-corrected chi connectivity index (χ1v) is 7.54. The lowest BCUT2D eigenvalue weighted by Gasteiger charge is -2.12. The first-order valence-electron chi connectivity index (χ1n) is 7.54. The zero-order valence-corrected chi connectivity index (χ0v) is 13.9. The molecule has 0 spiro atoms. The number of amides is 2. The molecule has 23 heavy (non-hydrogen) atoms. The first-order chi connectivity index (χ1) is 10.9. The quantitative estimate of drug-likeness (QED) is 0.853. The molecule has 1 aromatic heterocycles. The van der Waals surface area contributed by atoms with Crippen LogP contribution < -0.4 is 15.2 Å². The lowest BCUT2D eigenvalue weighted by molar-refractivity contribution is -0.711. The van der Waals surface area contributed by atoms with E-state index < -0.39 is 0 Å². The number of hydrogen-bond donors (Lipinski definition) is 2. The van der Waals surface area contributed by atoms with E-state index in [-0.39, 0.29) is 17.9 Å². The third-order valence-electron chi connectivity index (χ3n) is 3.82. The molecular weight excluding hydrogens is 290 g/mol. The molecule has 0 fully saturated rings. The number of nitrogens with one attached hydrogen (secondary N) is 2. The summed E-state index contributed by atoms with van der Waals surface area (Å²) in [7, 11) is 0. The fourth-order valence-electron chi connectivity index (χ4n) is 2.35. The molecule has 1 atom stereocenters. The van der Waals surface area contributed by atoms with Crippen molar-refractivity contribution in [2.24, 2.45) is 0 Å². The maximum atomic E-state index is 12.4. The van der Waals surface area contributed by atoms with Gasteiger partial charge in [0.1, 0.15) is 0 Å². The summed E-state index contributed by atoms with van der Waals surface area (Å²) in [5.74, 6) is -0.210. The molecule has 0 saturated carbocycles. The van der Waals surface area contributed by atoms with Crippen molar-refractivity contribution >= 4 is 23.2 Å². The molecule has 0 aliphatic heterocycles. The first kappa shape index (κ1) is 16.7. The van der Waals surface area contributed by atoms with Crippen LogP contribution in [0.4, 0.5) is 11.4 Å². The van der Waals surface area contributed by atoms with Gasteiger partial charge >= 0.3 is 0 Å². The zero-order valence-electron chi connectivity index (χ0n) is 13.9. The van der Waals surface area contributed by atoms with Crippen LogP contribution in [0.5, 0.6) is 0 Å². The van der Waals surface area contributed by atoms with Crippen molar-refractivity contribution in [3.8, 4) is 0 Å².